The normalized spacial score (nSPS) is 17.0. The number of oxime groups is 1. The number of urea groups is 1. The highest BCUT2D eigenvalue weighted by molar-refractivity contribution is 6.42. The Kier molecular flexibility index (Phi) is 13.1. The number of carbonyl (C=O) groups is 1. The molecule has 0 saturated heterocycles. The maximum Gasteiger partial charge on any atom is 0.416 e. The highest BCUT2D eigenvalue weighted by Gasteiger charge is 2.44. The molecular weight excluding hydrogens is 601 g/mol. The molecule has 2 unspecified atom stereocenters. The van der Waals surface area contributed by atoms with E-state index in [1.165, 1.54) is 18.1 Å². The quantitative estimate of drug-likeness (QED) is 0.0804. The molecule has 0 saturated carbocycles. The van der Waals surface area contributed by atoms with Crippen molar-refractivity contribution in [2.75, 3.05) is 40.5 Å². The van der Waals surface area contributed by atoms with E-state index in [0.29, 0.717) is 18.2 Å². The van der Waals surface area contributed by atoms with Crippen LogP contribution in [0.5, 0.6) is 0 Å². The number of hydrogen-bond acceptors (Lipinski definition) is 5. The number of nitrogens with one attached hydrogen (secondary N) is 2. The number of amides is 2. The van der Waals surface area contributed by atoms with Gasteiger partial charge in [0.05, 0.1) is 34.0 Å². The molecule has 41 heavy (non-hydrogen) atoms. The molecule has 230 valence electrons. The second-order valence-electron chi connectivity index (χ2n) is 9.26. The van der Waals surface area contributed by atoms with Crippen molar-refractivity contribution in [1.82, 2.24) is 15.5 Å². The molecule has 1 aromatic rings. The van der Waals surface area contributed by atoms with E-state index in [0.717, 1.165) is 12.8 Å². The Hall–Kier alpha value is -2.64. The van der Waals surface area contributed by atoms with Gasteiger partial charge in [0.2, 0.25) is 0 Å². The van der Waals surface area contributed by atoms with Crippen molar-refractivity contribution in [3.05, 3.63) is 57.3 Å². The molecule has 0 radical (unpaired) electrons. The molecule has 0 aliphatic heterocycles. The van der Waals surface area contributed by atoms with Crippen LogP contribution in [0.2, 0.25) is 10.0 Å². The van der Waals surface area contributed by atoms with E-state index in [9.17, 15) is 31.1 Å². The van der Waals surface area contributed by atoms with Crippen molar-refractivity contribution >= 4 is 34.9 Å². The molecule has 0 spiro atoms. The average molecular weight is 633 g/mol. The van der Waals surface area contributed by atoms with Crippen LogP contribution in [0, 0.1) is 5.92 Å². The van der Waals surface area contributed by atoms with E-state index in [1.807, 2.05) is 6.92 Å². The molecule has 1 aromatic carbocycles. The Labute approximate surface area is 244 Å². The average Bonchev–Trinajstić information content (AvgIpc) is 2.89. The van der Waals surface area contributed by atoms with Crippen LogP contribution in [0.15, 0.2) is 46.8 Å². The monoisotopic (exact) mass is 632 g/mol. The van der Waals surface area contributed by atoms with E-state index in [1.54, 1.807) is 19.2 Å². The van der Waals surface area contributed by atoms with E-state index in [4.69, 9.17) is 32.8 Å². The molecule has 1 aliphatic rings. The second kappa shape index (κ2) is 15.5. The van der Waals surface area contributed by atoms with Gasteiger partial charge in [-0.05, 0) is 30.2 Å². The van der Waals surface area contributed by atoms with Crippen LogP contribution in [-0.4, -0.2) is 69.5 Å². The van der Waals surface area contributed by atoms with Crippen molar-refractivity contribution in [3.8, 4) is 0 Å². The SMILES string of the molecule is CCCCNC(=O)N(C)CNCC(/C(COC1=CC(C(F)(F)F)=CC(C(F)(F)F)C1)=N/OC)c1ccc(Cl)c(Cl)c1. The van der Waals surface area contributed by atoms with E-state index in [-0.39, 0.29) is 41.1 Å². The molecule has 0 bridgehead atoms. The molecule has 2 atom stereocenters. The van der Waals surface area contributed by atoms with E-state index in [2.05, 4.69) is 15.8 Å². The standard InChI is InChI=1S/C26H32Cl2F6N4O3/c1-4-5-8-36-24(39)38(2)15-35-13-20(16-6-7-21(27)22(28)9-16)23(37-40-3)14-41-19-11-17(25(29,30)31)10-18(12-19)26(32,33)34/h6-7,9-11,18,20,35H,4-5,8,12-15H2,1-3H3,(H,36,39)/b37-23+. The number of nitrogens with zero attached hydrogens (tertiary/aromatic N) is 2. The molecule has 7 nitrogen and oxygen atoms in total. The molecule has 2 rings (SSSR count). The number of allylic oxidation sites excluding steroid dienone is 4. The van der Waals surface area contributed by atoms with Gasteiger partial charge in [-0.3, -0.25) is 5.32 Å². The van der Waals surface area contributed by atoms with Crippen molar-refractivity contribution in [1.29, 1.82) is 0 Å². The number of hydrogen-bond donors (Lipinski definition) is 2. The Morgan fingerprint density at radius 1 is 1.20 bits per heavy atom. The number of carbonyl (C=O) groups excluding carboxylic acids is 1. The number of benzene rings is 1. The zero-order chi connectivity index (χ0) is 30.8. The largest absolute Gasteiger partial charge is 0.492 e. The van der Waals surface area contributed by atoms with Gasteiger partial charge >= 0.3 is 18.4 Å². The van der Waals surface area contributed by atoms with Gasteiger partial charge in [-0.25, -0.2) is 4.79 Å². The molecule has 0 aromatic heterocycles. The molecule has 15 heteroatoms. The van der Waals surface area contributed by atoms with E-state index < -0.39 is 48.5 Å². The lowest BCUT2D eigenvalue weighted by Crippen LogP contribution is -2.44. The summed E-state index contributed by atoms with van der Waals surface area (Å²) in [7, 11) is 2.81. The smallest absolute Gasteiger partial charge is 0.416 e. The van der Waals surface area contributed by atoms with Crippen LogP contribution in [0.25, 0.3) is 0 Å². The molecule has 2 amide bonds. The summed E-state index contributed by atoms with van der Waals surface area (Å²) in [6.45, 7) is 2.25. The van der Waals surface area contributed by atoms with Gasteiger partial charge < -0.3 is 19.8 Å². The summed E-state index contributed by atoms with van der Waals surface area (Å²) in [6.07, 6.45) is -8.27. The number of alkyl halides is 6. The van der Waals surface area contributed by atoms with Crippen LogP contribution < -0.4 is 10.6 Å². The van der Waals surface area contributed by atoms with Crippen molar-refractivity contribution in [2.24, 2.45) is 11.1 Å². The Morgan fingerprint density at radius 3 is 2.49 bits per heavy atom. The van der Waals surface area contributed by atoms with Gasteiger partial charge in [-0.15, -0.1) is 0 Å². The third-order valence-electron chi connectivity index (χ3n) is 6.08. The summed E-state index contributed by atoms with van der Waals surface area (Å²) in [5.41, 5.74) is -0.752. The Bertz CT molecular complexity index is 1130. The van der Waals surface area contributed by atoms with Gasteiger partial charge in [0, 0.05) is 32.5 Å². The third-order valence-corrected chi connectivity index (χ3v) is 6.82. The fraction of sp³-hybridized carbons (Fsp3) is 0.538. The lowest BCUT2D eigenvalue weighted by Gasteiger charge is -2.26. The molecule has 2 N–H and O–H groups in total. The zero-order valence-corrected chi connectivity index (χ0v) is 24.1. The van der Waals surface area contributed by atoms with Crippen LogP contribution in [0.1, 0.15) is 37.7 Å². The summed E-state index contributed by atoms with van der Waals surface area (Å²) in [6, 6.07) is 4.41. The first kappa shape index (κ1) is 34.6. The van der Waals surface area contributed by atoms with Crippen LogP contribution in [0.3, 0.4) is 0 Å². The Morgan fingerprint density at radius 2 is 1.90 bits per heavy atom. The molecule has 1 aliphatic carbocycles. The lowest BCUT2D eigenvalue weighted by molar-refractivity contribution is -0.164. The maximum absolute atomic E-state index is 13.4. The van der Waals surface area contributed by atoms with Gasteiger partial charge in [0.25, 0.3) is 0 Å². The number of rotatable bonds is 13. The first-order chi connectivity index (χ1) is 19.2. The molecule has 0 heterocycles. The summed E-state index contributed by atoms with van der Waals surface area (Å²) in [5, 5.41) is 10.3. The maximum atomic E-state index is 13.4. The predicted molar refractivity (Wildman–Crippen MR) is 145 cm³/mol. The second-order valence-corrected chi connectivity index (χ2v) is 10.1. The molecular formula is C26H32Cl2F6N4O3. The number of unbranched alkanes of at least 4 members (excludes halogenated alkanes) is 1. The van der Waals surface area contributed by atoms with Gasteiger partial charge in [-0.1, -0.05) is 53.8 Å². The summed E-state index contributed by atoms with van der Waals surface area (Å²) < 4.78 is 85.5. The van der Waals surface area contributed by atoms with E-state index >= 15 is 0 Å². The summed E-state index contributed by atoms with van der Waals surface area (Å²) in [4.78, 5) is 18.6. The summed E-state index contributed by atoms with van der Waals surface area (Å²) >= 11 is 12.2. The highest BCUT2D eigenvalue weighted by Crippen LogP contribution is 2.40. The minimum absolute atomic E-state index is 0.106. The minimum Gasteiger partial charge on any atom is -0.492 e. The van der Waals surface area contributed by atoms with Crippen molar-refractivity contribution in [3.63, 3.8) is 0 Å². The van der Waals surface area contributed by atoms with Gasteiger partial charge in [-0.2, -0.15) is 26.3 Å². The minimum atomic E-state index is -5.00. The van der Waals surface area contributed by atoms with Crippen LogP contribution in [-0.2, 0) is 9.57 Å². The summed E-state index contributed by atoms with van der Waals surface area (Å²) in [5.74, 6) is -3.55. The zero-order valence-electron chi connectivity index (χ0n) is 22.6. The number of halogens is 8. The van der Waals surface area contributed by atoms with Gasteiger partial charge in [0.15, 0.2) is 0 Å². The lowest BCUT2D eigenvalue weighted by atomic mass is 9.93. The topological polar surface area (TPSA) is 75.2 Å². The van der Waals surface area contributed by atoms with Crippen molar-refractivity contribution in [2.45, 2.75) is 44.5 Å². The first-order valence-corrected chi connectivity index (χ1v) is 13.4. The highest BCUT2D eigenvalue weighted by atomic mass is 35.5. The third kappa shape index (κ3) is 10.9. The molecule has 0 fully saturated rings. The van der Waals surface area contributed by atoms with Crippen LogP contribution >= 0.6 is 23.2 Å². The first-order valence-electron chi connectivity index (χ1n) is 12.6. The fourth-order valence-electron chi connectivity index (χ4n) is 3.85. The van der Waals surface area contributed by atoms with Gasteiger partial charge in [0.1, 0.15) is 19.4 Å². The Balaban J connectivity index is 2.26. The van der Waals surface area contributed by atoms with Crippen LogP contribution in [0.4, 0.5) is 31.1 Å². The fourth-order valence-corrected chi connectivity index (χ4v) is 4.15. The number of ether oxygens (including phenoxy) is 1. The predicted octanol–water partition coefficient (Wildman–Crippen LogP) is 7.04. The van der Waals surface area contributed by atoms with Crippen molar-refractivity contribution < 1.29 is 40.7 Å².